The molecule has 1 heterocycles. The first kappa shape index (κ1) is 17.8. The fourth-order valence-corrected chi connectivity index (χ4v) is 1.13. The van der Waals surface area contributed by atoms with Crippen LogP contribution in [0.1, 0.15) is 19.8 Å². The Morgan fingerprint density at radius 2 is 2.00 bits per heavy atom. The van der Waals surface area contributed by atoms with Gasteiger partial charge in [0.2, 0.25) is 6.33 Å². The maximum absolute atomic E-state index is 11.4. The third-order valence-corrected chi connectivity index (χ3v) is 2.80. The van der Waals surface area contributed by atoms with Gasteiger partial charge in [0.1, 0.15) is 12.4 Å². The summed E-state index contributed by atoms with van der Waals surface area (Å²) >= 11 is 0. The Morgan fingerprint density at radius 3 is 2.26 bits per heavy atom. The van der Waals surface area contributed by atoms with Crippen LogP contribution in [0.15, 0.2) is 18.7 Å². The summed E-state index contributed by atoms with van der Waals surface area (Å²) in [6.45, 7) is 3.34. The number of H-pyrrole nitrogens is 1. The van der Waals surface area contributed by atoms with Gasteiger partial charge in [-0.3, -0.25) is 4.98 Å². The van der Waals surface area contributed by atoms with Crippen molar-refractivity contribution in [3.8, 4) is 0 Å². The lowest BCUT2D eigenvalue weighted by atomic mass is 10.3. The number of aromatic nitrogens is 2. The number of hydrogen-bond donors (Lipinski definition) is 1. The number of alkyl halides is 4. The minimum absolute atomic E-state index is 1.14. The quantitative estimate of drug-likeness (QED) is 0.509. The van der Waals surface area contributed by atoms with E-state index < -0.39 is 21.8 Å². The largest absolute Gasteiger partial charge is 0.743 e. The maximum atomic E-state index is 11.4. The molecule has 1 rings (SSSR count). The van der Waals surface area contributed by atoms with Gasteiger partial charge < -0.3 is 4.55 Å². The first-order chi connectivity index (χ1) is 8.63. The van der Waals surface area contributed by atoms with Gasteiger partial charge in [-0.05, 0) is 6.42 Å². The van der Waals surface area contributed by atoms with Crippen LogP contribution in [0, 0.1) is 0 Å². The number of halogens is 4. The van der Waals surface area contributed by atoms with Crippen molar-refractivity contribution in [2.24, 2.45) is 0 Å². The van der Waals surface area contributed by atoms with Gasteiger partial charge in [0, 0.05) is 0 Å². The lowest BCUT2D eigenvalue weighted by Gasteiger charge is -2.17. The Hall–Kier alpha value is -1.16. The highest BCUT2D eigenvalue weighted by atomic mass is 32.2. The van der Waals surface area contributed by atoms with Gasteiger partial charge in [-0.2, -0.15) is 8.78 Å². The molecule has 0 atom stereocenters. The van der Waals surface area contributed by atoms with E-state index in [1.807, 2.05) is 12.5 Å². The second-order valence-electron chi connectivity index (χ2n) is 3.52. The molecule has 0 amide bonds. The highest BCUT2D eigenvalue weighted by molar-refractivity contribution is 7.86. The van der Waals surface area contributed by atoms with Crippen LogP contribution in [0.3, 0.4) is 0 Å². The van der Waals surface area contributed by atoms with E-state index in [0.29, 0.717) is 0 Å². The molecule has 0 aliphatic heterocycles. The minimum atomic E-state index is -6.23. The Bertz CT molecular complexity index is 448. The summed E-state index contributed by atoms with van der Waals surface area (Å²) in [6, 6.07) is 0. The minimum Gasteiger partial charge on any atom is -0.743 e. The lowest BCUT2D eigenvalue weighted by molar-refractivity contribution is -0.696. The van der Waals surface area contributed by atoms with Crippen molar-refractivity contribution >= 4 is 10.1 Å². The number of aromatic amines is 1. The molecule has 0 aliphatic carbocycles. The van der Waals surface area contributed by atoms with E-state index in [4.69, 9.17) is 0 Å². The number of hydrogen-bond acceptors (Lipinski definition) is 3. The number of rotatable bonds is 5. The molecule has 5 nitrogen and oxygen atoms in total. The second-order valence-corrected chi connectivity index (χ2v) is 4.97. The summed E-state index contributed by atoms with van der Waals surface area (Å²) in [6.07, 6.45) is 4.02. The molecule has 0 unspecified atom stereocenters. The zero-order chi connectivity index (χ0) is 15.1. The molecule has 0 aliphatic rings. The molecule has 0 radical (unpaired) electrons. The fraction of sp³-hybridized carbons (Fsp3) is 0.667. The number of imidazole rings is 1. The molecule has 112 valence electrons. The predicted molar refractivity (Wildman–Crippen MR) is 56.5 cm³/mol. The van der Waals surface area contributed by atoms with Crippen molar-refractivity contribution < 1.29 is 35.1 Å². The third kappa shape index (κ3) is 6.01. The van der Waals surface area contributed by atoms with Crippen LogP contribution in [0.4, 0.5) is 17.6 Å². The van der Waals surface area contributed by atoms with Gasteiger partial charge in [0.05, 0.1) is 6.54 Å². The molecule has 0 aromatic carbocycles. The van der Waals surface area contributed by atoms with E-state index in [1.165, 1.54) is 12.8 Å². The summed E-state index contributed by atoms with van der Waals surface area (Å²) in [4.78, 5) is 3.00. The lowest BCUT2D eigenvalue weighted by Crippen LogP contribution is -2.36. The fourth-order valence-electron chi connectivity index (χ4n) is 0.909. The summed E-state index contributed by atoms with van der Waals surface area (Å²) in [7, 11) is -6.23. The number of nitrogens with one attached hydrogen (secondary N) is 1. The van der Waals surface area contributed by atoms with Gasteiger partial charge in [-0.1, -0.05) is 13.3 Å². The van der Waals surface area contributed by atoms with Crippen molar-refractivity contribution in [1.29, 1.82) is 0 Å². The Balaban J connectivity index is 0.000000342. The van der Waals surface area contributed by atoms with E-state index >= 15 is 0 Å². The molecule has 0 saturated carbocycles. The van der Waals surface area contributed by atoms with Crippen LogP contribution >= 0.6 is 0 Å². The van der Waals surface area contributed by atoms with Gasteiger partial charge in [-0.15, -0.1) is 0 Å². The first-order valence-corrected chi connectivity index (χ1v) is 6.67. The highest BCUT2D eigenvalue weighted by Crippen LogP contribution is 2.27. The van der Waals surface area contributed by atoms with E-state index in [9.17, 15) is 30.5 Å². The number of unbranched alkanes of at least 4 members (excludes halogenated alkanes) is 1. The molecule has 19 heavy (non-hydrogen) atoms. The highest BCUT2D eigenvalue weighted by Gasteiger charge is 2.48. The zero-order valence-electron chi connectivity index (χ0n) is 10.0. The van der Waals surface area contributed by atoms with Crippen LogP contribution < -0.4 is 4.57 Å². The molecule has 1 aromatic rings. The standard InChI is InChI=1S/C7H12N2.C2H2F4O3S/c1-2-3-5-9-6-4-8-7-9;3-1(4)2(5,6)10(7,8)9/h4,6-7H,2-3,5H2,1H3;1H,(H,7,8,9). The smallest absolute Gasteiger partial charge is 0.393 e. The van der Waals surface area contributed by atoms with Gasteiger partial charge in [-0.25, -0.2) is 21.8 Å². The monoisotopic (exact) mass is 306 g/mol. The van der Waals surface area contributed by atoms with E-state index in [-0.39, 0.29) is 0 Å². The van der Waals surface area contributed by atoms with Crippen molar-refractivity contribution in [2.45, 2.75) is 38.0 Å². The SMILES string of the molecule is CCCC[n+]1cc[nH]c1.O=S(=O)([O-])C(F)(F)C(F)F. The molecule has 1 N–H and O–H groups in total. The summed E-state index contributed by atoms with van der Waals surface area (Å²) < 4.78 is 74.8. The van der Waals surface area contributed by atoms with Crippen molar-refractivity contribution in [3.05, 3.63) is 18.7 Å². The molecule has 0 spiro atoms. The molecule has 0 fully saturated rings. The molecule has 0 bridgehead atoms. The van der Waals surface area contributed by atoms with Crippen molar-refractivity contribution in [3.63, 3.8) is 0 Å². The Kier molecular flexibility index (Phi) is 6.98. The summed E-state index contributed by atoms with van der Waals surface area (Å²) in [5.41, 5.74) is 0. The van der Waals surface area contributed by atoms with Gasteiger partial charge in [0.25, 0.3) is 0 Å². The maximum Gasteiger partial charge on any atom is 0.393 e. The normalized spacial score (nSPS) is 12.2. The predicted octanol–water partition coefficient (Wildman–Crippen LogP) is 1.49. The van der Waals surface area contributed by atoms with Crippen molar-refractivity contribution in [2.75, 3.05) is 0 Å². The van der Waals surface area contributed by atoms with Crippen LogP contribution in [-0.2, 0) is 16.7 Å². The van der Waals surface area contributed by atoms with E-state index in [2.05, 4.69) is 22.7 Å². The molecule has 1 aromatic heterocycles. The van der Waals surface area contributed by atoms with Gasteiger partial charge in [0.15, 0.2) is 10.1 Å². The zero-order valence-corrected chi connectivity index (χ0v) is 10.8. The van der Waals surface area contributed by atoms with E-state index in [1.54, 1.807) is 0 Å². The van der Waals surface area contributed by atoms with Gasteiger partial charge >= 0.3 is 11.7 Å². The molecule has 0 saturated heterocycles. The van der Waals surface area contributed by atoms with Crippen LogP contribution in [-0.4, -0.2) is 29.6 Å². The van der Waals surface area contributed by atoms with E-state index in [0.717, 1.165) is 6.54 Å². The molecule has 10 heteroatoms. The average Bonchev–Trinajstić information content (AvgIpc) is 2.78. The molecular weight excluding hydrogens is 292 g/mol. The second kappa shape index (κ2) is 7.43. The molecular formula is C9H14F4N2O3S. The first-order valence-electron chi connectivity index (χ1n) is 5.26. The van der Waals surface area contributed by atoms with Crippen LogP contribution in [0.5, 0.6) is 0 Å². The summed E-state index contributed by atoms with van der Waals surface area (Å²) in [5.74, 6) is 0. The average molecular weight is 306 g/mol. The van der Waals surface area contributed by atoms with Crippen molar-refractivity contribution in [1.82, 2.24) is 4.98 Å². The van der Waals surface area contributed by atoms with Crippen LogP contribution in [0.25, 0.3) is 0 Å². The Labute approximate surface area is 108 Å². The summed E-state index contributed by atoms with van der Waals surface area (Å²) in [5, 5.41) is -5.48. The third-order valence-electron chi connectivity index (χ3n) is 1.96. The number of aryl methyl sites for hydroxylation is 1. The Morgan fingerprint density at radius 1 is 1.42 bits per heavy atom. The van der Waals surface area contributed by atoms with Crippen LogP contribution in [0.2, 0.25) is 0 Å². The topological polar surface area (TPSA) is 76.9 Å². The number of nitrogens with zero attached hydrogens (tertiary/aromatic N) is 1.